The standard InChI is InChI=1S/C80H69B2N6O.Pt/c1-78(2,3)67-33-23-34-68(79(4,5)6)76(67)56-50-60(86-55-87(73-39-17-16-38-72(73)86)77-65(69-35-24-47-83-45-20-18-43-81-69)31-22-32-66(77)70-36-25-48-84-46-21-19-44-82-70)53-62(51-56)89-61-40-41-64-63-30-14-15-37-71(63)88(74(64)54-61)75-52-59(42-49-85-75)80(7,57-26-10-8-11-27-57)58-28-12-9-13-29-58;/h8-52,55,83-84H,1-7H3;/q-3;/b43-18-,44-19-,45-20-,46-21-,47-24-,48-25-,69-35-,70-36-;/i14D,15D,30D,37D;. The molecule has 0 amide bonds. The van der Waals surface area contributed by atoms with Crippen LogP contribution in [0.4, 0.5) is 22.7 Å². The molecule has 444 valence electrons. The molecule has 5 heterocycles. The molecule has 2 aromatic heterocycles. The summed E-state index contributed by atoms with van der Waals surface area (Å²) in [4.78, 5) is 9.51. The predicted molar refractivity (Wildman–Crippen MR) is 374 cm³/mol. The molecule has 0 atom stereocenters. The van der Waals surface area contributed by atoms with Gasteiger partial charge < -0.3 is 29.7 Å². The fourth-order valence-electron chi connectivity index (χ4n) is 12.3. The Morgan fingerprint density at radius 3 is 1.74 bits per heavy atom. The summed E-state index contributed by atoms with van der Waals surface area (Å²) in [7, 11) is 4.30. The Labute approximate surface area is 552 Å². The summed E-state index contributed by atoms with van der Waals surface area (Å²) in [6.45, 7) is 17.9. The number of fused-ring (bicyclic) bond motifs is 4. The average molecular weight is 1350 g/mol. The van der Waals surface area contributed by atoms with E-state index in [1.54, 1.807) is 6.20 Å². The van der Waals surface area contributed by atoms with Crippen LogP contribution in [0, 0.1) is 18.8 Å². The number of aromatic nitrogens is 2. The zero-order valence-electron chi connectivity index (χ0n) is 55.4. The van der Waals surface area contributed by atoms with Crippen molar-refractivity contribution in [2.24, 2.45) is 0 Å². The molecule has 0 spiro atoms. The number of nitrogens with zero attached hydrogens (tertiary/aromatic N) is 4. The number of hydrogen-bond acceptors (Lipinski definition) is 6. The zero-order valence-corrected chi connectivity index (χ0v) is 53.7. The van der Waals surface area contributed by atoms with Crippen molar-refractivity contribution in [2.75, 3.05) is 9.80 Å². The minimum atomic E-state index is -0.646. The third-order valence-electron chi connectivity index (χ3n) is 16.7. The van der Waals surface area contributed by atoms with Crippen LogP contribution in [0.25, 0.3) is 49.7 Å². The van der Waals surface area contributed by atoms with Crippen molar-refractivity contribution in [3.8, 4) is 28.4 Å². The molecule has 3 aliphatic rings. The number of anilines is 4. The average Bonchev–Trinajstić information content (AvgIpc) is 1.55. The number of allylic oxidation sites excluding steroid dienone is 8. The van der Waals surface area contributed by atoms with Gasteiger partial charge in [0, 0.05) is 91.6 Å². The minimum Gasteiger partial charge on any atom is -0.509 e. The van der Waals surface area contributed by atoms with Crippen molar-refractivity contribution in [1.82, 2.24) is 20.2 Å². The van der Waals surface area contributed by atoms with E-state index in [0.29, 0.717) is 33.6 Å². The van der Waals surface area contributed by atoms with Crippen LogP contribution in [-0.2, 0) is 37.3 Å². The molecular weight excluding hydrogens is 1280 g/mol. The van der Waals surface area contributed by atoms with Crippen LogP contribution >= 0.6 is 0 Å². The van der Waals surface area contributed by atoms with Crippen molar-refractivity contribution in [3.63, 3.8) is 0 Å². The summed E-state index contributed by atoms with van der Waals surface area (Å²) in [5.74, 6) is 5.35. The second kappa shape index (κ2) is 25.9. The van der Waals surface area contributed by atoms with E-state index in [9.17, 15) is 2.74 Å². The topological polar surface area (TPSA) is 57.6 Å². The van der Waals surface area contributed by atoms with Gasteiger partial charge in [-0.2, -0.15) is 6.07 Å². The Kier molecular flexibility index (Phi) is 16.0. The first-order valence-electron chi connectivity index (χ1n) is 32.2. The first kappa shape index (κ1) is 55.7. The van der Waals surface area contributed by atoms with Crippen molar-refractivity contribution in [3.05, 3.63) is 331 Å². The summed E-state index contributed by atoms with van der Waals surface area (Å²) in [5, 5.41) is 7.42. The van der Waals surface area contributed by atoms with Gasteiger partial charge in [0.05, 0.1) is 5.48 Å². The molecule has 10 aromatic rings. The molecule has 8 aromatic carbocycles. The van der Waals surface area contributed by atoms with Crippen LogP contribution in [0.1, 0.15) is 92.9 Å². The molecule has 0 aliphatic carbocycles. The number of ether oxygens (including phenoxy) is 1. The third-order valence-corrected chi connectivity index (χ3v) is 16.7. The largest absolute Gasteiger partial charge is 0.509 e. The van der Waals surface area contributed by atoms with E-state index >= 15 is 0 Å². The van der Waals surface area contributed by atoms with E-state index in [2.05, 4.69) is 223 Å². The maximum absolute atomic E-state index is 9.54. The Morgan fingerprint density at radius 1 is 0.544 bits per heavy atom. The van der Waals surface area contributed by atoms with Crippen molar-refractivity contribution in [2.45, 2.75) is 64.7 Å². The third kappa shape index (κ3) is 12.1. The molecule has 13 rings (SSSR count). The van der Waals surface area contributed by atoms with Gasteiger partial charge in [-0.1, -0.05) is 210 Å². The van der Waals surface area contributed by atoms with E-state index < -0.39 is 5.41 Å². The van der Waals surface area contributed by atoms with E-state index in [0.717, 1.165) is 72.6 Å². The first-order chi connectivity index (χ1) is 45.0. The van der Waals surface area contributed by atoms with Crippen molar-refractivity contribution >= 4 is 70.1 Å². The molecule has 7 nitrogen and oxygen atoms in total. The summed E-state index contributed by atoms with van der Waals surface area (Å²) in [6.07, 6.45) is 25.7. The van der Waals surface area contributed by atoms with Crippen LogP contribution in [-0.4, -0.2) is 24.1 Å². The second-order valence-electron chi connectivity index (χ2n) is 24.5. The molecule has 10 heteroatoms. The summed E-state index contributed by atoms with van der Waals surface area (Å²) >= 11 is 0. The fourth-order valence-corrected chi connectivity index (χ4v) is 12.3. The maximum atomic E-state index is 9.54. The van der Waals surface area contributed by atoms with Crippen LogP contribution in [0.3, 0.4) is 0 Å². The number of para-hydroxylation sites is 4. The quantitative estimate of drug-likeness (QED) is 0.0994. The number of pyridine rings is 1. The normalized spacial score (nSPS) is 18.1. The molecular formula is C80H69B2N6OPt-3. The minimum absolute atomic E-state index is 0. The smallest absolute Gasteiger partial charge is 0.182 e. The Hall–Kier alpha value is -9.55. The van der Waals surface area contributed by atoms with Crippen LogP contribution < -0.4 is 25.2 Å². The second-order valence-corrected chi connectivity index (χ2v) is 24.5. The summed E-state index contributed by atoms with van der Waals surface area (Å²) in [6, 6.07) is 60.8. The van der Waals surface area contributed by atoms with E-state index in [-0.39, 0.29) is 61.6 Å². The number of benzene rings is 8. The van der Waals surface area contributed by atoms with Gasteiger partial charge in [-0.3, -0.25) is 0 Å². The first-order valence-corrected chi connectivity index (χ1v) is 30.2. The number of rotatable bonds is 11. The van der Waals surface area contributed by atoms with Gasteiger partial charge in [-0.25, -0.2) is 4.98 Å². The number of hydrogen-bond donors (Lipinski definition) is 2. The van der Waals surface area contributed by atoms with Crippen LogP contribution in [0.5, 0.6) is 11.5 Å². The summed E-state index contributed by atoms with van der Waals surface area (Å²) < 4.78 is 46.0. The molecule has 0 saturated carbocycles. The molecule has 2 radical (unpaired) electrons. The zero-order chi connectivity index (χ0) is 64.6. The number of nitrogens with one attached hydrogen (secondary N) is 2. The van der Waals surface area contributed by atoms with Gasteiger partial charge in [-0.15, -0.1) is 65.6 Å². The molecule has 0 unspecified atom stereocenters. The Balaban J connectivity index is 0.00000848. The van der Waals surface area contributed by atoms with Gasteiger partial charge in [0.1, 0.15) is 5.82 Å². The Morgan fingerprint density at radius 2 is 1.12 bits per heavy atom. The molecule has 0 bridgehead atoms. The van der Waals surface area contributed by atoms with E-state index in [1.807, 2.05) is 126 Å². The predicted octanol–water partition coefficient (Wildman–Crippen LogP) is 19.0. The fraction of sp³-hybridized carbons (Fsp3) is 0.125. The molecule has 0 saturated heterocycles. The SMILES string of the molecule is [2H]c1c([2H])c([2H])c2c(c1[2H])c1ccc(Oc3[c-]c(N4[CH-]N(c5c(/C6=C/C=C\N/C=C\C=C/[B]6)cccc5/C5=C/C=C\N/C=C\C=C/[B]5)c5ccccc54)cc(-c4c(C(C)(C)C)cccc4C(C)(C)C)c3)[c-]c1n2-c1cc(C(C)(c2ccccc2)c2ccccc2)ccn1.[Pt]. The van der Waals surface area contributed by atoms with Crippen molar-refractivity contribution in [1.29, 1.82) is 0 Å². The van der Waals surface area contributed by atoms with Crippen molar-refractivity contribution < 1.29 is 31.3 Å². The molecule has 90 heavy (non-hydrogen) atoms. The van der Waals surface area contributed by atoms with Gasteiger partial charge in [0.2, 0.25) is 0 Å². The van der Waals surface area contributed by atoms with E-state index in [1.165, 1.54) is 11.1 Å². The molecule has 3 aliphatic heterocycles. The van der Waals surface area contributed by atoms with Crippen LogP contribution in [0.2, 0.25) is 0 Å². The summed E-state index contributed by atoms with van der Waals surface area (Å²) in [5.41, 5.74) is 14.7. The van der Waals surface area contributed by atoms with Gasteiger partial charge in [0.25, 0.3) is 0 Å². The van der Waals surface area contributed by atoms with Crippen LogP contribution in [0.15, 0.2) is 273 Å². The van der Waals surface area contributed by atoms with Gasteiger partial charge >= 0.3 is 0 Å². The monoisotopic (exact) mass is 1350 g/mol. The molecule has 2 N–H and O–H groups in total. The van der Waals surface area contributed by atoms with Gasteiger partial charge in [-0.05, 0) is 122 Å². The molecule has 0 fully saturated rings. The Bertz CT molecular complexity index is 4660. The van der Waals surface area contributed by atoms with E-state index in [4.69, 9.17) is 12.5 Å². The van der Waals surface area contributed by atoms with Gasteiger partial charge in [0.15, 0.2) is 14.6 Å². The maximum Gasteiger partial charge on any atom is 0.182 e.